The molecule has 3 nitrogen and oxygen atoms in total. The van der Waals surface area contributed by atoms with Crippen LogP contribution in [0.1, 0.15) is 84.0 Å². The molecular weight excluding hydrogens is 288 g/mol. The fraction of sp³-hybridized carbons (Fsp3) is 0.750. The lowest BCUT2D eigenvalue weighted by Gasteiger charge is -2.12. The fourth-order valence-corrected chi connectivity index (χ4v) is 2.35. The third kappa shape index (κ3) is 15.6. The van der Waals surface area contributed by atoms with E-state index in [1.54, 1.807) is 0 Å². The van der Waals surface area contributed by atoms with Gasteiger partial charge in [-0.25, -0.2) is 0 Å². The fourth-order valence-electron chi connectivity index (χ4n) is 2.35. The van der Waals surface area contributed by atoms with Crippen molar-refractivity contribution in [2.75, 3.05) is 6.61 Å². The van der Waals surface area contributed by atoms with E-state index >= 15 is 0 Å². The molecule has 0 spiro atoms. The molecule has 0 bridgehead atoms. The van der Waals surface area contributed by atoms with E-state index in [2.05, 4.69) is 18.7 Å². The first-order valence-electron chi connectivity index (χ1n) is 9.30. The summed E-state index contributed by atoms with van der Waals surface area (Å²) in [6, 6.07) is 0. The highest BCUT2D eigenvalue weighted by molar-refractivity contribution is 5.69. The number of esters is 1. The predicted octanol–water partition coefficient (Wildman–Crippen LogP) is 5.33. The van der Waals surface area contributed by atoms with Gasteiger partial charge in [0.15, 0.2) is 0 Å². The van der Waals surface area contributed by atoms with Gasteiger partial charge >= 0.3 is 5.97 Å². The van der Waals surface area contributed by atoms with Crippen molar-refractivity contribution in [3.8, 4) is 0 Å². The number of carbonyl (C=O) groups is 1. The summed E-state index contributed by atoms with van der Waals surface area (Å²) in [4.78, 5) is 11.5. The van der Waals surface area contributed by atoms with E-state index in [1.807, 2.05) is 13.0 Å². The molecule has 0 aliphatic rings. The number of hydrogen-bond donors (Lipinski definition) is 1. The molecule has 134 valence electrons. The quantitative estimate of drug-likeness (QED) is 0.237. The van der Waals surface area contributed by atoms with Crippen molar-refractivity contribution >= 4 is 5.97 Å². The maximum Gasteiger partial charge on any atom is 0.306 e. The van der Waals surface area contributed by atoms with Gasteiger partial charge in [-0.05, 0) is 44.9 Å². The summed E-state index contributed by atoms with van der Waals surface area (Å²) in [5.41, 5.74) is 0. The zero-order valence-corrected chi connectivity index (χ0v) is 15.0. The Morgan fingerprint density at radius 3 is 2.22 bits per heavy atom. The van der Waals surface area contributed by atoms with Crippen LogP contribution in [0, 0.1) is 0 Å². The Bertz CT molecular complexity index is 306. The van der Waals surface area contributed by atoms with Gasteiger partial charge in [0.05, 0.1) is 6.61 Å². The molecule has 0 amide bonds. The SMILES string of the molecule is C=CCCC/C=C/CCCCCCCCC(=O)OC(CC)CO. The number of aliphatic hydroxyl groups is 1. The molecule has 0 aliphatic heterocycles. The summed E-state index contributed by atoms with van der Waals surface area (Å²) < 4.78 is 5.15. The molecule has 0 aliphatic carbocycles. The summed E-state index contributed by atoms with van der Waals surface area (Å²) in [5.74, 6) is -0.174. The second-order valence-corrected chi connectivity index (χ2v) is 6.05. The van der Waals surface area contributed by atoms with E-state index in [4.69, 9.17) is 9.84 Å². The van der Waals surface area contributed by atoms with Gasteiger partial charge in [0.25, 0.3) is 0 Å². The van der Waals surface area contributed by atoms with Crippen LogP contribution in [-0.2, 0) is 9.53 Å². The largest absolute Gasteiger partial charge is 0.460 e. The zero-order chi connectivity index (χ0) is 17.2. The van der Waals surface area contributed by atoms with Gasteiger partial charge < -0.3 is 9.84 Å². The van der Waals surface area contributed by atoms with Crippen LogP contribution in [0.5, 0.6) is 0 Å². The highest BCUT2D eigenvalue weighted by Crippen LogP contribution is 2.10. The smallest absolute Gasteiger partial charge is 0.306 e. The van der Waals surface area contributed by atoms with Crippen molar-refractivity contribution in [1.82, 2.24) is 0 Å². The van der Waals surface area contributed by atoms with E-state index in [0.29, 0.717) is 12.8 Å². The minimum atomic E-state index is -0.327. The summed E-state index contributed by atoms with van der Waals surface area (Å²) in [5, 5.41) is 8.97. The second kappa shape index (κ2) is 17.3. The van der Waals surface area contributed by atoms with E-state index < -0.39 is 0 Å². The van der Waals surface area contributed by atoms with E-state index in [-0.39, 0.29) is 18.7 Å². The van der Waals surface area contributed by atoms with Gasteiger partial charge in [-0.1, -0.05) is 50.8 Å². The van der Waals surface area contributed by atoms with Crippen LogP contribution in [0.25, 0.3) is 0 Å². The van der Waals surface area contributed by atoms with Crippen LogP contribution in [-0.4, -0.2) is 23.8 Å². The molecule has 0 heterocycles. The first-order valence-corrected chi connectivity index (χ1v) is 9.30. The first-order chi connectivity index (χ1) is 11.2. The Morgan fingerprint density at radius 2 is 1.61 bits per heavy atom. The summed E-state index contributed by atoms with van der Waals surface area (Å²) >= 11 is 0. The Balaban J connectivity index is 3.30. The van der Waals surface area contributed by atoms with Crippen molar-refractivity contribution in [3.05, 3.63) is 24.8 Å². The third-order valence-electron chi connectivity index (χ3n) is 3.90. The van der Waals surface area contributed by atoms with Crippen molar-refractivity contribution in [2.45, 2.75) is 90.1 Å². The van der Waals surface area contributed by atoms with Gasteiger partial charge in [0, 0.05) is 6.42 Å². The first kappa shape index (κ1) is 21.9. The van der Waals surface area contributed by atoms with Crippen molar-refractivity contribution < 1.29 is 14.6 Å². The van der Waals surface area contributed by atoms with Gasteiger partial charge in [0.2, 0.25) is 0 Å². The molecule has 0 aromatic heterocycles. The van der Waals surface area contributed by atoms with E-state index in [0.717, 1.165) is 25.7 Å². The lowest BCUT2D eigenvalue weighted by atomic mass is 10.1. The molecule has 0 saturated carbocycles. The number of ether oxygens (including phenoxy) is 1. The summed E-state index contributed by atoms with van der Waals surface area (Å²) in [6.07, 6.45) is 19.0. The molecule has 0 rings (SSSR count). The highest BCUT2D eigenvalue weighted by atomic mass is 16.5. The average Bonchev–Trinajstić information content (AvgIpc) is 2.56. The van der Waals surface area contributed by atoms with Crippen LogP contribution >= 0.6 is 0 Å². The van der Waals surface area contributed by atoms with Crippen molar-refractivity contribution in [3.63, 3.8) is 0 Å². The second-order valence-electron chi connectivity index (χ2n) is 6.05. The lowest BCUT2D eigenvalue weighted by molar-refractivity contribution is -0.151. The zero-order valence-electron chi connectivity index (χ0n) is 15.0. The summed E-state index contributed by atoms with van der Waals surface area (Å²) in [7, 11) is 0. The number of allylic oxidation sites excluding steroid dienone is 3. The maximum atomic E-state index is 11.5. The molecule has 23 heavy (non-hydrogen) atoms. The number of aliphatic hydroxyl groups excluding tert-OH is 1. The normalized spacial score (nSPS) is 12.4. The molecule has 3 heteroatoms. The molecule has 0 radical (unpaired) electrons. The van der Waals surface area contributed by atoms with Crippen molar-refractivity contribution in [1.29, 1.82) is 0 Å². The molecule has 0 aromatic rings. The molecule has 1 N–H and O–H groups in total. The lowest BCUT2D eigenvalue weighted by Crippen LogP contribution is -2.20. The van der Waals surface area contributed by atoms with Crippen LogP contribution in [0.15, 0.2) is 24.8 Å². The maximum absolute atomic E-state index is 11.5. The molecular formula is C20H36O3. The summed E-state index contributed by atoms with van der Waals surface area (Å²) in [6.45, 7) is 5.55. The number of unbranched alkanes of at least 4 members (excludes halogenated alkanes) is 8. The van der Waals surface area contributed by atoms with Gasteiger partial charge in [-0.15, -0.1) is 6.58 Å². The minimum absolute atomic E-state index is 0.0784. The van der Waals surface area contributed by atoms with Gasteiger partial charge in [0.1, 0.15) is 6.10 Å². The standard InChI is InChI=1S/C20H36O3/c1-3-5-6-7-8-9-10-11-12-13-14-15-16-17-20(22)23-19(4-2)18-21/h3,8-9,19,21H,1,4-7,10-18H2,2H3/b9-8+. The molecule has 1 atom stereocenters. The Kier molecular flexibility index (Phi) is 16.4. The Labute approximate surface area is 142 Å². The van der Waals surface area contributed by atoms with E-state index in [9.17, 15) is 4.79 Å². The molecule has 0 fully saturated rings. The minimum Gasteiger partial charge on any atom is -0.460 e. The molecule has 0 saturated heterocycles. The van der Waals surface area contributed by atoms with Crippen LogP contribution in [0.2, 0.25) is 0 Å². The number of carbonyl (C=O) groups excluding carboxylic acids is 1. The number of rotatable bonds is 16. The Hall–Kier alpha value is -1.09. The van der Waals surface area contributed by atoms with Crippen LogP contribution in [0.3, 0.4) is 0 Å². The monoisotopic (exact) mass is 324 g/mol. The topological polar surface area (TPSA) is 46.5 Å². The van der Waals surface area contributed by atoms with E-state index in [1.165, 1.54) is 38.5 Å². The van der Waals surface area contributed by atoms with Gasteiger partial charge in [-0.3, -0.25) is 4.79 Å². The van der Waals surface area contributed by atoms with Gasteiger partial charge in [-0.2, -0.15) is 0 Å². The number of hydrogen-bond acceptors (Lipinski definition) is 3. The highest BCUT2D eigenvalue weighted by Gasteiger charge is 2.10. The third-order valence-corrected chi connectivity index (χ3v) is 3.90. The average molecular weight is 325 g/mol. The van der Waals surface area contributed by atoms with Crippen LogP contribution in [0.4, 0.5) is 0 Å². The Morgan fingerprint density at radius 1 is 1.00 bits per heavy atom. The molecule has 0 aromatic carbocycles. The van der Waals surface area contributed by atoms with Crippen molar-refractivity contribution in [2.24, 2.45) is 0 Å². The van der Waals surface area contributed by atoms with Crippen LogP contribution < -0.4 is 0 Å². The molecule has 1 unspecified atom stereocenters. The predicted molar refractivity (Wildman–Crippen MR) is 97.4 cm³/mol.